The zero-order chi connectivity index (χ0) is 12.1. The van der Waals surface area contributed by atoms with Gasteiger partial charge in [0, 0.05) is 6.04 Å². The van der Waals surface area contributed by atoms with E-state index < -0.39 is 5.54 Å². The van der Waals surface area contributed by atoms with Crippen LogP contribution in [0.15, 0.2) is 0 Å². The predicted molar refractivity (Wildman–Crippen MR) is 63.7 cm³/mol. The molecule has 90 valence electrons. The first kappa shape index (κ1) is 14.4. The summed E-state index contributed by atoms with van der Waals surface area (Å²) in [6.45, 7) is 9.80. The Morgan fingerprint density at radius 3 is 2.40 bits per heavy atom. The van der Waals surface area contributed by atoms with Crippen molar-refractivity contribution >= 4 is 5.91 Å². The summed E-state index contributed by atoms with van der Waals surface area (Å²) < 4.78 is 0. The van der Waals surface area contributed by atoms with E-state index in [1.807, 2.05) is 13.8 Å². The van der Waals surface area contributed by atoms with Crippen LogP contribution in [0.5, 0.6) is 0 Å². The van der Waals surface area contributed by atoms with Gasteiger partial charge in [-0.1, -0.05) is 13.8 Å². The smallest absolute Gasteiger partial charge is 0.237 e. The van der Waals surface area contributed by atoms with Crippen LogP contribution in [0.1, 0.15) is 34.1 Å². The van der Waals surface area contributed by atoms with Crippen molar-refractivity contribution in [2.45, 2.75) is 45.7 Å². The summed E-state index contributed by atoms with van der Waals surface area (Å²) in [5, 5.41) is 3.17. The molecule has 0 bridgehead atoms. The number of carbonyl (C=O) groups excluding carboxylic acids is 1. The average molecular weight is 215 g/mol. The number of nitrogens with two attached hydrogens (primary N) is 1. The average Bonchev–Trinajstić information content (AvgIpc) is 2.16. The zero-order valence-corrected chi connectivity index (χ0v) is 10.6. The van der Waals surface area contributed by atoms with Gasteiger partial charge in [0.2, 0.25) is 5.91 Å². The maximum atomic E-state index is 11.4. The van der Waals surface area contributed by atoms with Crippen LogP contribution in [0, 0.1) is 0 Å². The first-order chi connectivity index (χ1) is 6.87. The third-order valence-corrected chi connectivity index (χ3v) is 3.07. The van der Waals surface area contributed by atoms with Gasteiger partial charge < -0.3 is 16.0 Å². The quantitative estimate of drug-likeness (QED) is 0.653. The molecule has 15 heavy (non-hydrogen) atoms. The topological polar surface area (TPSA) is 58.4 Å². The third kappa shape index (κ3) is 4.18. The molecular weight excluding hydrogens is 190 g/mol. The molecule has 0 aromatic carbocycles. The molecule has 0 saturated heterocycles. The molecule has 2 unspecified atom stereocenters. The fourth-order valence-corrected chi connectivity index (χ4v) is 1.71. The number of rotatable bonds is 7. The molecule has 3 N–H and O–H groups in total. The van der Waals surface area contributed by atoms with Crippen LogP contribution in [0.2, 0.25) is 0 Å². The summed E-state index contributed by atoms with van der Waals surface area (Å²) in [6.07, 6.45) is 0.737. The van der Waals surface area contributed by atoms with E-state index in [4.69, 9.17) is 5.73 Å². The molecule has 0 aromatic rings. The van der Waals surface area contributed by atoms with Crippen molar-refractivity contribution in [3.8, 4) is 0 Å². The molecule has 2 atom stereocenters. The molecule has 0 heterocycles. The zero-order valence-electron chi connectivity index (χ0n) is 10.6. The Bertz CT molecular complexity index is 208. The van der Waals surface area contributed by atoms with Crippen molar-refractivity contribution in [3.63, 3.8) is 0 Å². The minimum atomic E-state index is -0.600. The monoisotopic (exact) mass is 215 g/mol. The summed E-state index contributed by atoms with van der Waals surface area (Å²) in [5.74, 6) is -0.277. The molecule has 0 aliphatic heterocycles. The van der Waals surface area contributed by atoms with Crippen LogP contribution in [0.3, 0.4) is 0 Å². The molecule has 0 aliphatic rings. The van der Waals surface area contributed by atoms with Gasteiger partial charge in [-0.3, -0.25) is 4.79 Å². The van der Waals surface area contributed by atoms with Crippen LogP contribution < -0.4 is 11.1 Å². The van der Waals surface area contributed by atoms with E-state index in [0.717, 1.165) is 19.5 Å². The van der Waals surface area contributed by atoms with E-state index in [1.165, 1.54) is 0 Å². The molecule has 0 saturated carbocycles. The van der Waals surface area contributed by atoms with Crippen molar-refractivity contribution in [3.05, 3.63) is 0 Å². The van der Waals surface area contributed by atoms with Crippen LogP contribution in [0.4, 0.5) is 0 Å². The molecular formula is C11H25N3O. The summed E-state index contributed by atoms with van der Waals surface area (Å²) in [5.41, 5.74) is 4.83. The lowest BCUT2D eigenvalue weighted by Crippen LogP contribution is -2.56. The van der Waals surface area contributed by atoms with Crippen LogP contribution in [-0.2, 0) is 4.79 Å². The van der Waals surface area contributed by atoms with E-state index in [2.05, 4.69) is 31.1 Å². The Morgan fingerprint density at radius 2 is 2.07 bits per heavy atom. The fraction of sp³-hybridized carbons (Fsp3) is 0.909. The van der Waals surface area contributed by atoms with Crippen molar-refractivity contribution < 1.29 is 4.79 Å². The highest BCUT2D eigenvalue weighted by atomic mass is 16.1. The van der Waals surface area contributed by atoms with Gasteiger partial charge in [0.1, 0.15) is 0 Å². The molecule has 0 aromatic heterocycles. The SMILES string of the molecule is CCNC(C)(CC(C)N(C)CC)C(N)=O. The van der Waals surface area contributed by atoms with Crippen molar-refractivity contribution in [2.75, 3.05) is 20.1 Å². The molecule has 0 aliphatic carbocycles. The van der Waals surface area contributed by atoms with Gasteiger partial charge in [-0.2, -0.15) is 0 Å². The molecule has 0 spiro atoms. The number of amides is 1. The fourth-order valence-electron chi connectivity index (χ4n) is 1.71. The van der Waals surface area contributed by atoms with Gasteiger partial charge in [-0.05, 0) is 40.4 Å². The van der Waals surface area contributed by atoms with Crippen molar-refractivity contribution in [2.24, 2.45) is 5.73 Å². The second-order valence-electron chi connectivity index (χ2n) is 4.35. The van der Waals surface area contributed by atoms with E-state index in [0.29, 0.717) is 6.04 Å². The number of likely N-dealkylation sites (N-methyl/N-ethyl adjacent to an activating group) is 1. The summed E-state index contributed by atoms with van der Waals surface area (Å²) in [6, 6.07) is 0.339. The van der Waals surface area contributed by atoms with E-state index in [1.54, 1.807) is 0 Å². The van der Waals surface area contributed by atoms with Crippen LogP contribution in [0.25, 0.3) is 0 Å². The van der Waals surface area contributed by atoms with Gasteiger partial charge in [0.25, 0.3) is 0 Å². The lowest BCUT2D eigenvalue weighted by Gasteiger charge is -2.33. The van der Waals surface area contributed by atoms with Crippen LogP contribution in [-0.4, -0.2) is 42.5 Å². The predicted octanol–water partition coefficient (Wildman–Crippen LogP) is 0.570. The number of primary amides is 1. The Balaban J connectivity index is 4.47. The number of hydrogen-bond donors (Lipinski definition) is 2. The first-order valence-corrected chi connectivity index (χ1v) is 5.62. The number of carbonyl (C=O) groups is 1. The second kappa shape index (κ2) is 6.08. The summed E-state index contributed by atoms with van der Waals surface area (Å²) >= 11 is 0. The highest BCUT2D eigenvalue weighted by molar-refractivity contribution is 5.84. The summed E-state index contributed by atoms with van der Waals surface area (Å²) in [7, 11) is 2.05. The minimum absolute atomic E-state index is 0.277. The molecule has 0 fully saturated rings. The van der Waals surface area contributed by atoms with E-state index >= 15 is 0 Å². The molecule has 1 amide bonds. The van der Waals surface area contributed by atoms with Gasteiger partial charge >= 0.3 is 0 Å². The number of hydrogen-bond acceptors (Lipinski definition) is 3. The summed E-state index contributed by atoms with van der Waals surface area (Å²) in [4.78, 5) is 13.6. The highest BCUT2D eigenvalue weighted by Crippen LogP contribution is 2.15. The lowest BCUT2D eigenvalue weighted by molar-refractivity contribution is -0.124. The van der Waals surface area contributed by atoms with Crippen molar-refractivity contribution in [1.82, 2.24) is 10.2 Å². The Hall–Kier alpha value is -0.610. The van der Waals surface area contributed by atoms with Gasteiger partial charge in [-0.15, -0.1) is 0 Å². The van der Waals surface area contributed by atoms with Crippen LogP contribution >= 0.6 is 0 Å². The maximum absolute atomic E-state index is 11.4. The lowest BCUT2D eigenvalue weighted by atomic mass is 9.92. The normalized spacial score (nSPS) is 17.5. The first-order valence-electron chi connectivity index (χ1n) is 5.62. The van der Waals surface area contributed by atoms with Gasteiger partial charge in [0.15, 0.2) is 0 Å². The molecule has 4 heteroatoms. The maximum Gasteiger partial charge on any atom is 0.237 e. The number of nitrogens with one attached hydrogen (secondary N) is 1. The van der Waals surface area contributed by atoms with Crippen molar-refractivity contribution in [1.29, 1.82) is 0 Å². The highest BCUT2D eigenvalue weighted by Gasteiger charge is 2.32. The number of nitrogens with zero attached hydrogens (tertiary/aromatic N) is 1. The Morgan fingerprint density at radius 1 is 1.53 bits per heavy atom. The second-order valence-corrected chi connectivity index (χ2v) is 4.35. The van der Waals surface area contributed by atoms with Gasteiger partial charge in [-0.25, -0.2) is 0 Å². The Labute approximate surface area is 93.2 Å². The molecule has 4 nitrogen and oxygen atoms in total. The van der Waals surface area contributed by atoms with E-state index in [-0.39, 0.29) is 5.91 Å². The van der Waals surface area contributed by atoms with Gasteiger partial charge in [0.05, 0.1) is 5.54 Å². The largest absolute Gasteiger partial charge is 0.368 e. The standard InChI is InChI=1S/C11H25N3O/c1-6-13-11(4,10(12)15)8-9(3)14(5)7-2/h9,13H,6-8H2,1-5H3,(H2,12,15). The minimum Gasteiger partial charge on any atom is -0.368 e. The third-order valence-electron chi connectivity index (χ3n) is 3.07. The molecule has 0 rings (SSSR count). The van der Waals surface area contributed by atoms with E-state index in [9.17, 15) is 4.79 Å². The Kier molecular flexibility index (Phi) is 5.83. The molecule has 0 radical (unpaired) electrons.